The zero-order valence-electron chi connectivity index (χ0n) is 14.7. The molecule has 27 heavy (non-hydrogen) atoms. The molecule has 1 aliphatic rings. The molecule has 1 unspecified atom stereocenters. The van der Waals surface area contributed by atoms with E-state index in [1.807, 2.05) is 6.07 Å². The SMILES string of the molecule is COC1CCN(c2ccc(C(C)=O)c(F)c2C#N)c2c(C#N)cc(F)cc21. The van der Waals surface area contributed by atoms with E-state index in [1.165, 1.54) is 32.2 Å². The largest absolute Gasteiger partial charge is 0.377 e. The van der Waals surface area contributed by atoms with Crippen molar-refractivity contribution in [2.75, 3.05) is 18.6 Å². The van der Waals surface area contributed by atoms with Gasteiger partial charge in [-0.05, 0) is 37.6 Å². The second kappa shape index (κ2) is 7.14. The molecule has 0 saturated carbocycles. The van der Waals surface area contributed by atoms with Crippen LogP contribution in [-0.4, -0.2) is 19.4 Å². The lowest BCUT2D eigenvalue weighted by Gasteiger charge is -2.36. The van der Waals surface area contributed by atoms with Crippen LogP contribution < -0.4 is 4.90 Å². The summed E-state index contributed by atoms with van der Waals surface area (Å²) in [7, 11) is 1.49. The van der Waals surface area contributed by atoms with E-state index in [9.17, 15) is 24.1 Å². The number of ether oxygens (including phenoxy) is 1. The zero-order valence-corrected chi connectivity index (χ0v) is 14.7. The number of carbonyl (C=O) groups excluding carboxylic acids is 1. The van der Waals surface area contributed by atoms with Crippen molar-refractivity contribution >= 4 is 17.2 Å². The molecule has 0 N–H and O–H groups in total. The standard InChI is InChI=1S/C20H15F2N3O2/c1-11(26)14-3-4-17(16(10-24)19(14)22)25-6-5-18(27-2)15-8-13(21)7-12(9-23)20(15)25/h3-4,7-8,18H,5-6H2,1-2H3. The molecule has 3 rings (SSSR count). The summed E-state index contributed by atoms with van der Waals surface area (Å²) in [6.45, 7) is 1.55. The fourth-order valence-electron chi connectivity index (χ4n) is 3.42. The Bertz CT molecular complexity index is 1020. The first-order valence-corrected chi connectivity index (χ1v) is 8.20. The van der Waals surface area contributed by atoms with E-state index >= 15 is 0 Å². The van der Waals surface area contributed by atoms with E-state index in [-0.39, 0.29) is 22.4 Å². The Labute approximate surface area is 155 Å². The fourth-order valence-corrected chi connectivity index (χ4v) is 3.42. The van der Waals surface area contributed by atoms with Crippen LogP contribution in [0.5, 0.6) is 0 Å². The summed E-state index contributed by atoms with van der Waals surface area (Å²) in [5.41, 5.74) is 0.647. The molecule has 0 spiro atoms. The van der Waals surface area contributed by atoms with Crippen LogP contribution in [0.25, 0.3) is 0 Å². The van der Waals surface area contributed by atoms with Gasteiger partial charge in [-0.25, -0.2) is 8.78 Å². The maximum atomic E-state index is 14.7. The number of ketones is 1. The van der Waals surface area contributed by atoms with E-state index in [4.69, 9.17) is 4.74 Å². The number of nitrogens with zero attached hydrogens (tertiary/aromatic N) is 3. The smallest absolute Gasteiger partial charge is 0.162 e. The Morgan fingerprint density at radius 1 is 1.26 bits per heavy atom. The van der Waals surface area contributed by atoms with E-state index in [1.54, 1.807) is 11.0 Å². The number of halogens is 2. The molecule has 1 aliphatic heterocycles. The molecule has 0 fully saturated rings. The Hall–Kier alpha value is -3.29. The van der Waals surface area contributed by atoms with Crippen LogP contribution in [0.3, 0.4) is 0 Å². The Kier molecular flexibility index (Phi) is 4.89. The Morgan fingerprint density at radius 2 is 2.00 bits per heavy atom. The van der Waals surface area contributed by atoms with Crippen molar-refractivity contribution in [3.8, 4) is 12.1 Å². The molecule has 136 valence electrons. The van der Waals surface area contributed by atoms with Crippen LogP contribution in [0.2, 0.25) is 0 Å². The molecule has 2 aromatic rings. The monoisotopic (exact) mass is 367 g/mol. The van der Waals surface area contributed by atoms with Crippen molar-refractivity contribution in [1.29, 1.82) is 10.5 Å². The molecule has 0 bridgehead atoms. The van der Waals surface area contributed by atoms with Gasteiger partial charge in [0.05, 0.1) is 28.6 Å². The third-order valence-corrected chi connectivity index (χ3v) is 4.64. The predicted molar refractivity (Wildman–Crippen MR) is 93.6 cm³/mol. The summed E-state index contributed by atoms with van der Waals surface area (Å²) in [4.78, 5) is 13.2. The van der Waals surface area contributed by atoms with Gasteiger partial charge < -0.3 is 9.64 Å². The number of methoxy groups -OCH3 is 1. The second-order valence-corrected chi connectivity index (χ2v) is 6.16. The first-order valence-electron chi connectivity index (χ1n) is 8.20. The van der Waals surface area contributed by atoms with Crippen molar-refractivity contribution < 1.29 is 18.3 Å². The topological polar surface area (TPSA) is 77.1 Å². The highest BCUT2D eigenvalue weighted by Crippen LogP contribution is 2.43. The van der Waals surface area contributed by atoms with Crippen molar-refractivity contribution in [2.24, 2.45) is 0 Å². The van der Waals surface area contributed by atoms with Gasteiger partial charge in [0.25, 0.3) is 0 Å². The maximum absolute atomic E-state index is 14.7. The summed E-state index contributed by atoms with van der Waals surface area (Å²) in [5.74, 6) is -1.97. The van der Waals surface area contributed by atoms with Gasteiger partial charge in [-0.3, -0.25) is 4.79 Å². The molecule has 0 aromatic heterocycles. The highest BCUT2D eigenvalue weighted by molar-refractivity contribution is 5.95. The van der Waals surface area contributed by atoms with Gasteiger partial charge in [0.2, 0.25) is 0 Å². The number of carbonyl (C=O) groups is 1. The van der Waals surface area contributed by atoms with Crippen LogP contribution in [0, 0.1) is 34.3 Å². The van der Waals surface area contributed by atoms with E-state index in [2.05, 4.69) is 0 Å². The second-order valence-electron chi connectivity index (χ2n) is 6.16. The number of Topliss-reactive ketones (excluding diaryl/α,β-unsaturated/α-hetero) is 1. The van der Waals surface area contributed by atoms with Crippen molar-refractivity contribution in [3.63, 3.8) is 0 Å². The van der Waals surface area contributed by atoms with Crippen LogP contribution in [0.1, 0.15) is 46.5 Å². The number of hydrogen-bond donors (Lipinski definition) is 0. The molecular formula is C20H15F2N3O2. The number of benzene rings is 2. The first-order chi connectivity index (χ1) is 12.9. The fraction of sp³-hybridized carbons (Fsp3) is 0.250. The maximum Gasteiger partial charge on any atom is 0.162 e. The van der Waals surface area contributed by atoms with Gasteiger partial charge >= 0.3 is 0 Å². The van der Waals surface area contributed by atoms with Crippen molar-refractivity contribution in [1.82, 2.24) is 0 Å². The summed E-state index contributed by atoms with van der Waals surface area (Å²) >= 11 is 0. The molecule has 0 saturated heterocycles. The summed E-state index contributed by atoms with van der Waals surface area (Å²) < 4.78 is 34.0. The molecule has 0 aliphatic carbocycles. The van der Waals surface area contributed by atoms with Gasteiger partial charge in [0.1, 0.15) is 23.5 Å². The average Bonchev–Trinajstić information content (AvgIpc) is 2.65. The van der Waals surface area contributed by atoms with Gasteiger partial charge in [-0.2, -0.15) is 10.5 Å². The summed E-state index contributed by atoms with van der Waals surface area (Å²) in [6, 6.07) is 8.92. The minimum atomic E-state index is -0.904. The molecule has 0 amide bonds. The molecular weight excluding hydrogens is 352 g/mol. The van der Waals surface area contributed by atoms with Crippen LogP contribution in [0.4, 0.5) is 20.2 Å². The van der Waals surface area contributed by atoms with Crippen molar-refractivity contribution in [2.45, 2.75) is 19.4 Å². The normalized spacial score (nSPS) is 15.6. The van der Waals surface area contributed by atoms with Gasteiger partial charge in [-0.1, -0.05) is 0 Å². The number of fused-ring (bicyclic) bond motifs is 1. The van der Waals surface area contributed by atoms with Crippen LogP contribution in [0.15, 0.2) is 24.3 Å². The third-order valence-electron chi connectivity index (χ3n) is 4.64. The number of nitriles is 2. The molecule has 1 atom stereocenters. The zero-order chi connectivity index (χ0) is 19.7. The molecule has 2 aromatic carbocycles. The third kappa shape index (κ3) is 3.03. The minimum absolute atomic E-state index is 0.0618. The van der Waals surface area contributed by atoms with E-state index in [0.717, 1.165) is 6.07 Å². The van der Waals surface area contributed by atoms with E-state index < -0.39 is 23.5 Å². The van der Waals surface area contributed by atoms with Gasteiger partial charge in [0, 0.05) is 19.2 Å². The van der Waals surface area contributed by atoms with Crippen LogP contribution in [-0.2, 0) is 4.74 Å². The quantitative estimate of drug-likeness (QED) is 0.762. The van der Waals surface area contributed by atoms with Crippen molar-refractivity contribution in [3.05, 3.63) is 58.2 Å². The van der Waals surface area contributed by atoms with E-state index in [0.29, 0.717) is 24.2 Å². The minimum Gasteiger partial charge on any atom is -0.377 e. The lowest BCUT2D eigenvalue weighted by atomic mass is 9.93. The summed E-state index contributed by atoms with van der Waals surface area (Å²) in [5, 5.41) is 18.9. The first kappa shape index (κ1) is 18.5. The number of rotatable bonds is 3. The number of anilines is 2. The van der Waals surface area contributed by atoms with Crippen LogP contribution >= 0.6 is 0 Å². The predicted octanol–water partition coefficient (Wildman–Crippen LogP) is 4.14. The molecule has 0 radical (unpaired) electrons. The lowest BCUT2D eigenvalue weighted by Crippen LogP contribution is -2.29. The highest BCUT2D eigenvalue weighted by atomic mass is 19.1. The number of hydrogen-bond acceptors (Lipinski definition) is 5. The van der Waals surface area contributed by atoms with Gasteiger partial charge in [0.15, 0.2) is 11.6 Å². The molecule has 5 nitrogen and oxygen atoms in total. The van der Waals surface area contributed by atoms with Gasteiger partial charge in [-0.15, -0.1) is 0 Å². The lowest BCUT2D eigenvalue weighted by molar-refractivity contribution is 0.0943. The Morgan fingerprint density at radius 3 is 2.59 bits per heavy atom. The molecule has 7 heteroatoms. The Balaban J connectivity index is 2.27. The highest BCUT2D eigenvalue weighted by Gasteiger charge is 2.31. The average molecular weight is 367 g/mol. The summed E-state index contributed by atoms with van der Waals surface area (Å²) in [6.07, 6.45) is 0.0320. The molecule has 1 heterocycles.